The quantitative estimate of drug-likeness (QED) is 0.711. The largest absolute Gasteiger partial charge is 0.338 e. The van der Waals surface area contributed by atoms with E-state index in [1.54, 1.807) is 4.90 Å². The Hall–Kier alpha value is -0.290. The standard InChI is InChI=1S/C9H16ClNO3S/c1-6(2)7(3)11-5-8(4-9(11)12)15(10,13)14/h6-8H,4-5H2,1-3H3. The Labute approximate surface area is 95.0 Å². The monoisotopic (exact) mass is 253 g/mol. The summed E-state index contributed by atoms with van der Waals surface area (Å²) in [6.07, 6.45) is 0.0168. The summed E-state index contributed by atoms with van der Waals surface area (Å²) in [5, 5.41) is -0.743. The zero-order valence-corrected chi connectivity index (χ0v) is 10.7. The van der Waals surface area contributed by atoms with Gasteiger partial charge in [0.2, 0.25) is 15.0 Å². The molecule has 0 aromatic carbocycles. The van der Waals surface area contributed by atoms with Gasteiger partial charge in [-0.25, -0.2) is 8.42 Å². The number of likely N-dealkylation sites (tertiary alicyclic amines) is 1. The maximum Gasteiger partial charge on any atom is 0.237 e. The highest BCUT2D eigenvalue weighted by Gasteiger charge is 2.39. The fraction of sp³-hybridized carbons (Fsp3) is 0.889. The maximum absolute atomic E-state index is 11.6. The minimum absolute atomic E-state index is 0.0168. The maximum atomic E-state index is 11.6. The number of carbonyl (C=O) groups excluding carboxylic acids is 1. The molecule has 0 spiro atoms. The van der Waals surface area contributed by atoms with E-state index in [1.807, 2.05) is 20.8 Å². The molecule has 1 heterocycles. The average Bonchev–Trinajstić information content (AvgIpc) is 2.45. The molecule has 6 heteroatoms. The van der Waals surface area contributed by atoms with Crippen LogP contribution in [0.5, 0.6) is 0 Å². The summed E-state index contributed by atoms with van der Waals surface area (Å²) in [5.41, 5.74) is 0. The van der Waals surface area contributed by atoms with Gasteiger partial charge in [0, 0.05) is 29.7 Å². The summed E-state index contributed by atoms with van der Waals surface area (Å²) in [6.45, 7) is 6.15. The molecule has 2 unspecified atom stereocenters. The van der Waals surface area contributed by atoms with Gasteiger partial charge in [0.25, 0.3) is 0 Å². The van der Waals surface area contributed by atoms with Crippen molar-refractivity contribution in [1.82, 2.24) is 4.90 Å². The fourth-order valence-corrected chi connectivity index (χ4v) is 2.68. The predicted octanol–water partition coefficient (Wildman–Crippen LogP) is 1.20. The third-order valence-corrected chi connectivity index (χ3v) is 4.85. The van der Waals surface area contributed by atoms with Crippen LogP contribution in [0.15, 0.2) is 0 Å². The van der Waals surface area contributed by atoms with Gasteiger partial charge >= 0.3 is 0 Å². The van der Waals surface area contributed by atoms with Gasteiger partial charge in [-0.2, -0.15) is 0 Å². The van der Waals surface area contributed by atoms with Crippen molar-refractivity contribution in [3.05, 3.63) is 0 Å². The van der Waals surface area contributed by atoms with E-state index in [1.165, 1.54) is 0 Å². The molecule has 0 aromatic rings. The first-order chi connectivity index (χ1) is 6.73. The van der Waals surface area contributed by atoms with Gasteiger partial charge < -0.3 is 4.90 Å². The summed E-state index contributed by atoms with van der Waals surface area (Å²) in [6, 6.07) is 0.0564. The van der Waals surface area contributed by atoms with Crippen LogP contribution >= 0.6 is 10.7 Å². The Balaban J connectivity index is 2.78. The van der Waals surface area contributed by atoms with Crippen molar-refractivity contribution in [3.8, 4) is 0 Å². The second kappa shape index (κ2) is 4.29. The number of carbonyl (C=O) groups is 1. The molecule has 4 nitrogen and oxygen atoms in total. The predicted molar refractivity (Wildman–Crippen MR) is 59.2 cm³/mol. The van der Waals surface area contributed by atoms with E-state index in [2.05, 4.69) is 0 Å². The molecule has 0 bridgehead atoms. The third-order valence-electron chi connectivity index (χ3n) is 2.98. The summed E-state index contributed by atoms with van der Waals surface area (Å²) in [4.78, 5) is 13.2. The van der Waals surface area contributed by atoms with Crippen molar-refractivity contribution in [2.45, 2.75) is 38.5 Å². The lowest BCUT2D eigenvalue weighted by molar-refractivity contribution is -0.130. The number of hydrogen-bond donors (Lipinski definition) is 0. The highest BCUT2D eigenvalue weighted by atomic mass is 35.7. The van der Waals surface area contributed by atoms with Crippen LogP contribution in [-0.4, -0.2) is 37.1 Å². The summed E-state index contributed by atoms with van der Waals surface area (Å²) in [7, 11) is 1.63. The van der Waals surface area contributed by atoms with Crippen LogP contribution in [0.2, 0.25) is 0 Å². The van der Waals surface area contributed by atoms with Gasteiger partial charge in [-0.15, -0.1) is 0 Å². The average molecular weight is 254 g/mol. The van der Waals surface area contributed by atoms with Gasteiger partial charge in [0.1, 0.15) is 5.25 Å². The van der Waals surface area contributed by atoms with Crippen molar-refractivity contribution < 1.29 is 13.2 Å². The Kier molecular flexibility index (Phi) is 3.66. The molecule has 15 heavy (non-hydrogen) atoms. The molecule has 1 fully saturated rings. The van der Waals surface area contributed by atoms with E-state index >= 15 is 0 Å². The van der Waals surface area contributed by atoms with Crippen molar-refractivity contribution in [1.29, 1.82) is 0 Å². The van der Waals surface area contributed by atoms with E-state index in [0.717, 1.165) is 0 Å². The first-order valence-electron chi connectivity index (χ1n) is 4.96. The molecule has 0 aliphatic carbocycles. The van der Waals surface area contributed by atoms with Crippen LogP contribution in [0.25, 0.3) is 0 Å². The van der Waals surface area contributed by atoms with Crippen LogP contribution < -0.4 is 0 Å². The number of halogens is 1. The number of nitrogens with zero attached hydrogens (tertiary/aromatic N) is 1. The Morgan fingerprint density at radius 1 is 1.40 bits per heavy atom. The van der Waals surface area contributed by atoms with E-state index < -0.39 is 14.3 Å². The second-order valence-electron chi connectivity index (χ2n) is 4.33. The van der Waals surface area contributed by atoms with Crippen LogP contribution in [0, 0.1) is 5.92 Å². The van der Waals surface area contributed by atoms with E-state index in [0.29, 0.717) is 5.92 Å². The minimum atomic E-state index is -3.62. The van der Waals surface area contributed by atoms with Crippen LogP contribution in [0.4, 0.5) is 0 Å². The molecule has 1 saturated heterocycles. The van der Waals surface area contributed by atoms with Crippen molar-refractivity contribution >= 4 is 25.6 Å². The molecule has 88 valence electrons. The zero-order chi connectivity index (χ0) is 11.8. The summed E-state index contributed by atoms with van der Waals surface area (Å²) < 4.78 is 22.2. The Morgan fingerprint density at radius 3 is 2.27 bits per heavy atom. The van der Waals surface area contributed by atoms with Gasteiger partial charge in [0.15, 0.2) is 0 Å². The summed E-state index contributed by atoms with van der Waals surface area (Å²) in [5.74, 6) is 0.191. The molecule has 2 atom stereocenters. The molecule has 1 aliphatic rings. The van der Waals surface area contributed by atoms with Crippen LogP contribution in [0.1, 0.15) is 27.2 Å². The van der Waals surface area contributed by atoms with Crippen molar-refractivity contribution in [3.63, 3.8) is 0 Å². The van der Waals surface area contributed by atoms with Gasteiger partial charge in [-0.3, -0.25) is 4.79 Å². The van der Waals surface area contributed by atoms with Crippen molar-refractivity contribution in [2.24, 2.45) is 5.92 Å². The highest BCUT2D eigenvalue weighted by Crippen LogP contribution is 2.25. The molecule has 1 amide bonds. The van der Waals surface area contributed by atoms with Gasteiger partial charge in [-0.1, -0.05) is 13.8 Å². The van der Waals surface area contributed by atoms with E-state index in [-0.39, 0.29) is 24.9 Å². The number of amides is 1. The minimum Gasteiger partial charge on any atom is -0.338 e. The normalized spacial score (nSPS) is 25.0. The Bertz CT molecular complexity index is 352. The SMILES string of the molecule is CC(C)C(C)N1CC(S(=O)(=O)Cl)CC1=O. The molecular weight excluding hydrogens is 238 g/mol. The van der Waals surface area contributed by atoms with Gasteiger partial charge in [0.05, 0.1) is 0 Å². The fourth-order valence-electron chi connectivity index (χ4n) is 1.64. The third kappa shape index (κ3) is 2.84. The molecule has 1 rings (SSSR count). The molecule has 1 aliphatic heterocycles. The first-order valence-corrected chi connectivity index (χ1v) is 7.33. The van der Waals surface area contributed by atoms with E-state index in [9.17, 15) is 13.2 Å². The lowest BCUT2D eigenvalue weighted by Gasteiger charge is -2.27. The molecule has 0 aromatic heterocycles. The number of rotatable bonds is 3. The zero-order valence-electron chi connectivity index (χ0n) is 9.10. The van der Waals surface area contributed by atoms with Crippen LogP contribution in [0.3, 0.4) is 0 Å². The Morgan fingerprint density at radius 2 is 1.93 bits per heavy atom. The lowest BCUT2D eigenvalue weighted by atomic mass is 10.1. The molecule has 0 saturated carbocycles. The number of hydrogen-bond acceptors (Lipinski definition) is 3. The van der Waals surface area contributed by atoms with Crippen LogP contribution in [-0.2, 0) is 13.8 Å². The second-order valence-corrected chi connectivity index (χ2v) is 7.24. The lowest BCUT2D eigenvalue weighted by Crippen LogP contribution is -2.38. The highest BCUT2D eigenvalue weighted by molar-refractivity contribution is 8.14. The first kappa shape index (κ1) is 12.8. The van der Waals surface area contributed by atoms with E-state index in [4.69, 9.17) is 10.7 Å². The smallest absolute Gasteiger partial charge is 0.237 e. The molecular formula is C9H16ClNO3S. The van der Waals surface area contributed by atoms with Crippen molar-refractivity contribution in [2.75, 3.05) is 6.54 Å². The molecule has 0 N–H and O–H groups in total. The van der Waals surface area contributed by atoms with Gasteiger partial charge in [-0.05, 0) is 12.8 Å². The topological polar surface area (TPSA) is 54.5 Å². The summed E-state index contributed by atoms with van der Waals surface area (Å²) >= 11 is 0. The molecule has 0 radical (unpaired) electrons.